The zero-order chi connectivity index (χ0) is 18.9. The number of rotatable bonds is 6. The fraction of sp³-hybridized carbons (Fsp3) is 0.529. The van der Waals surface area contributed by atoms with Crippen LogP contribution in [0.15, 0.2) is 23.1 Å². The van der Waals surface area contributed by atoms with Gasteiger partial charge >= 0.3 is 5.97 Å². The molecule has 142 valence electrons. The third-order valence-electron chi connectivity index (χ3n) is 4.67. The highest BCUT2D eigenvalue weighted by Crippen LogP contribution is 2.38. The number of carbonyl (C=O) groups excluding carboxylic acids is 2. The Labute approximate surface area is 157 Å². The lowest BCUT2D eigenvalue weighted by molar-refractivity contribution is -0.148. The van der Waals surface area contributed by atoms with E-state index in [1.165, 1.54) is 22.5 Å². The van der Waals surface area contributed by atoms with Gasteiger partial charge in [0.2, 0.25) is 10.0 Å². The highest BCUT2D eigenvalue weighted by Gasteiger charge is 2.40. The molecule has 1 aromatic carbocycles. The molecule has 1 N–H and O–H groups in total. The molecule has 0 bridgehead atoms. The van der Waals surface area contributed by atoms with Crippen molar-refractivity contribution in [1.29, 1.82) is 0 Å². The Bertz CT molecular complexity index is 820. The number of carbonyl (C=O) groups is 2. The maximum Gasteiger partial charge on any atom is 0.309 e. The van der Waals surface area contributed by atoms with Gasteiger partial charge in [0, 0.05) is 13.1 Å². The predicted molar refractivity (Wildman–Crippen MR) is 96.3 cm³/mol. The molecule has 2 fully saturated rings. The molecule has 1 saturated carbocycles. The molecular weight excluding hydrogens is 380 g/mol. The van der Waals surface area contributed by atoms with E-state index in [4.69, 9.17) is 16.3 Å². The molecule has 1 heterocycles. The summed E-state index contributed by atoms with van der Waals surface area (Å²) in [6.45, 7) is 2.49. The topological polar surface area (TPSA) is 92.8 Å². The third kappa shape index (κ3) is 4.19. The molecule has 1 saturated heterocycles. The molecule has 0 radical (unpaired) electrons. The monoisotopic (exact) mass is 400 g/mol. The summed E-state index contributed by atoms with van der Waals surface area (Å²) >= 11 is 6.06. The van der Waals surface area contributed by atoms with Crippen LogP contribution in [0.1, 0.15) is 26.2 Å². The van der Waals surface area contributed by atoms with Crippen LogP contribution >= 0.6 is 11.6 Å². The van der Waals surface area contributed by atoms with Crippen molar-refractivity contribution in [2.45, 2.75) is 31.1 Å². The van der Waals surface area contributed by atoms with Crippen LogP contribution in [-0.4, -0.2) is 44.3 Å². The van der Waals surface area contributed by atoms with E-state index in [9.17, 15) is 18.0 Å². The molecule has 9 heteroatoms. The Morgan fingerprint density at radius 1 is 1.31 bits per heavy atom. The number of hydrogen-bond donors (Lipinski definition) is 1. The predicted octanol–water partition coefficient (Wildman–Crippen LogP) is 2.26. The van der Waals surface area contributed by atoms with Crippen molar-refractivity contribution in [3.63, 3.8) is 0 Å². The van der Waals surface area contributed by atoms with Gasteiger partial charge in [-0.1, -0.05) is 18.5 Å². The van der Waals surface area contributed by atoms with Gasteiger partial charge in [-0.25, -0.2) is 8.42 Å². The molecule has 7 nitrogen and oxygen atoms in total. The van der Waals surface area contributed by atoms with E-state index >= 15 is 0 Å². The van der Waals surface area contributed by atoms with Crippen LogP contribution in [0, 0.1) is 11.8 Å². The lowest BCUT2D eigenvalue weighted by Gasteiger charge is -2.16. The van der Waals surface area contributed by atoms with Crippen molar-refractivity contribution in [3.8, 4) is 0 Å². The highest BCUT2D eigenvalue weighted by molar-refractivity contribution is 7.89. The minimum atomic E-state index is -3.61. The van der Waals surface area contributed by atoms with Crippen molar-refractivity contribution in [3.05, 3.63) is 23.2 Å². The first-order valence-electron chi connectivity index (χ1n) is 8.55. The first-order valence-corrected chi connectivity index (χ1v) is 10.4. The summed E-state index contributed by atoms with van der Waals surface area (Å²) in [5, 5.41) is 2.72. The Morgan fingerprint density at radius 2 is 1.96 bits per heavy atom. The summed E-state index contributed by atoms with van der Waals surface area (Å²) in [7, 11) is -3.61. The molecule has 0 spiro atoms. The van der Waals surface area contributed by atoms with Crippen LogP contribution in [-0.2, 0) is 24.3 Å². The van der Waals surface area contributed by atoms with Gasteiger partial charge in [-0.05, 0) is 43.4 Å². The molecule has 2 aliphatic rings. The Balaban J connectivity index is 1.65. The summed E-state index contributed by atoms with van der Waals surface area (Å²) in [5.74, 6) is -0.777. The van der Waals surface area contributed by atoms with Crippen LogP contribution in [0.2, 0.25) is 5.02 Å². The number of halogens is 1. The van der Waals surface area contributed by atoms with E-state index in [1.54, 1.807) is 0 Å². The van der Waals surface area contributed by atoms with Crippen LogP contribution < -0.4 is 5.32 Å². The number of nitrogens with zero attached hydrogens (tertiary/aromatic N) is 1. The van der Waals surface area contributed by atoms with Crippen LogP contribution in [0.5, 0.6) is 0 Å². The number of benzene rings is 1. The van der Waals surface area contributed by atoms with Gasteiger partial charge in [0.15, 0.2) is 6.61 Å². The lowest BCUT2D eigenvalue weighted by Crippen LogP contribution is -2.28. The van der Waals surface area contributed by atoms with Gasteiger partial charge in [-0.15, -0.1) is 0 Å². The summed E-state index contributed by atoms with van der Waals surface area (Å²) in [4.78, 5) is 23.7. The van der Waals surface area contributed by atoms with Crippen molar-refractivity contribution in [2.75, 3.05) is 25.0 Å². The summed E-state index contributed by atoms with van der Waals surface area (Å²) in [5.41, 5.74) is 0.174. The van der Waals surface area contributed by atoms with Gasteiger partial charge in [0.1, 0.15) is 0 Å². The summed E-state index contributed by atoms with van der Waals surface area (Å²) in [6.07, 6.45) is 2.45. The second-order valence-electron chi connectivity index (χ2n) is 6.73. The van der Waals surface area contributed by atoms with Gasteiger partial charge in [0.25, 0.3) is 5.91 Å². The number of sulfonamides is 1. The molecule has 1 aromatic rings. The molecule has 1 aliphatic heterocycles. The second kappa shape index (κ2) is 7.54. The smallest absolute Gasteiger partial charge is 0.309 e. The molecule has 26 heavy (non-hydrogen) atoms. The number of nitrogens with one attached hydrogen (secondary N) is 1. The number of anilines is 1. The van der Waals surface area contributed by atoms with Gasteiger partial charge in [-0.3, -0.25) is 9.59 Å². The largest absolute Gasteiger partial charge is 0.455 e. The third-order valence-corrected chi connectivity index (χ3v) is 6.90. The zero-order valence-corrected chi connectivity index (χ0v) is 16.0. The van der Waals surface area contributed by atoms with Crippen molar-refractivity contribution >= 4 is 39.2 Å². The number of amides is 1. The van der Waals surface area contributed by atoms with Crippen molar-refractivity contribution in [2.24, 2.45) is 11.8 Å². The van der Waals surface area contributed by atoms with Gasteiger partial charge < -0.3 is 10.1 Å². The fourth-order valence-electron chi connectivity index (χ4n) is 2.92. The molecule has 1 amide bonds. The maximum absolute atomic E-state index is 12.6. The van der Waals surface area contributed by atoms with E-state index in [0.717, 1.165) is 19.3 Å². The van der Waals surface area contributed by atoms with Crippen molar-refractivity contribution in [1.82, 2.24) is 4.31 Å². The maximum atomic E-state index is 12.6. The zero-order valence-electron chi connectivity index (χ0n) is 14.4. The van der Waals surface area contributed by atoms with Crippen LogP contribution in [0.4, 0.5) is 5.69 Å². The lowest BCUT2D eigenvalue weighted by atomic mass is 10.3. The summed E-state index contributed by atoms with van der Waals surface area (Å²) in [6, 6.07) is 4.18. The van der Waals surface area contributed by atoms with E-state index in [-0.39, 0.29) is 27.5 Å². The highest BCUT2D eigenvalue weighted by atomic mass is 35.5. The quantitative estimate of drug-likeness (QED) is 0.739. The Hall–Kier alpha value is -1.64. The average Bonchev–Trinajstić information content (AvgIpc) is 3.10. The molecule has 3 rings (SSSR count). The number of ether oxygens (including phenoxy) is 1. The average molecular weight is 401 g/mol. The van der Waals surface area contributed by atoms with Gasteiger partial charge in [0.05, 0.1) is 21.5 Å². The van der Waals surface area contributed by atoms with E-state index in [0.29, 0.717) is 19.0 Å². The molecule has 2 atom stereocenters. The molecule has 0 aromatic heterocycles. The summed E-state index contributed by atoms with van der Waals surface area (Å²) < 4.78 is 31.6. The Kier molecular flexibility index (Phi) is 5.55. The normalized spacial score (nSPS) is 22.8. The SMILES string of the molecule is C[C@H]1C[C@H]1C(=O)OCC(=O)Nc1cc(S(=O)(=O)N2CCCC2)ccc1Cl. The minimum absolute atomic E-state index is 0.0721. The standard InChI is InChI=1S/C17H21ClN2O5S/c1-11-8-13(11)17(22)25-10-16(21)19-15-9-12(4-5-14(15)18)26(23,24)20-6-2-3-7-20/h4-5,9,11,13H,2-3,6-8,10H2,1H3,(H,19,21)/t11-,13+/m0/s1. The minimum Gasteiger partial charge on any atom is -0.455 e. The molecule has 0 unspecified atom stereocenters. The van der Waals surface area contributed by atoms with E-state index in [1.807, 2.05) is 6.92 Å². The molecular formula is C17H21ClN2O5S. The Morgan fingerprint density at radius 3 is 2.58 bits per heavy atom. The van der Waals surface area contributed by atoms with Crippen LogP contribution in [0.3, 0.4) is 0 Å². The number of esters is 1. The van der Waals surface area contributed by atoms with E-state index < -0.39 is 22.5 Å². The molecule has 1 aliphatic carbocycles. The number of hydrogen-bond acceptors (Lipinski definition) is 5. The second-order valence-corrected chi connectivity index (χ2v) is 9.07. The van der Waals surface area contributed by atoms with Gasteiger partial charge in [-0.2, -0.15) is 4.31 Å². The first kappa shape index (κ1) is 19.1. The van der Waals surface area contributed by atoms with Crippen LogP contribution in [0.25, 0.3) is 0 Å². The van der Waals surface area contributed by atoms with Crippen molar-refractivity contribution < 1.29 is 22.7 Å². The first-order chi connectivity index (χ1) is 12.3. The van der Waals surface area contributed by atoms with E-state index in [2.05, 4.69) is 5.32 Å². The fourth-order valence-corrected chi connectivity index (χ4v) is 4.63.